The van der Waals surface area contributed by atoms with Gasteiger partial charge >= 0.3 is 0 Å². The molecule has 0 aromatic carbocycles. The number of unbranched alkanes of at least 4 members (excludes halogenated alkanes) is 4. The molecule has 2 atom stereocenters. The molecule has 0 rings (SSSR count). The Kier molecular flexibility index (Phi) is 10.4. The monoisotopic (exact) mass is 216 g/mol. The number of hydrogen-bond donors (Lipinski definition) is 2. The molecule has 0 saturated carbocycles. The van der Waals surface area contributed by atoms with Crippen LogP contribution in [0, 0.1) is 0 Å². The van der Waals surface area contributed by atoms with Gasteiger partial charge in [-0.15, -0.1) is 0 Å². The number of aliphatic hydroxyl groups is 2. The van der Waals surface area contributed by atoms with Crippen LogP contribution < -0.4 is 0 Å². The Balaban J connectivity index is 3.15. The van der Waals surface area contributed by atoms with Crippen LogP contribution >= 0.6 is 0 Å². The van der Waals surface area contributed by atoms with Crippen molar-refractivity contribution >= 4 is 0 Å². The number of hydrogen-bond acceptors (Lipinski definition) is 2. The topological polar surface area (TPSA) is 40.5 Å². The molecule has 92 valence electrons. The van der Waals surface area contributed by atoms with E-state index in [9.17, 15) is 5.11 Å². The third-order valence-corrected chi connectivity index (χ3v) is 2.80. The van der Waals surface area contributed by atoms with E-state index in [1.165, 1.54) is 25.7 Å². The molecule has 0 radical (unpaired) electrons. The highest BCUT2D eigenvalue weighted by molar-refractivity contribution is 4.58. The Morgan fingerprint density at radius 1 is 0.800 bits per heavy atom. The highest BCUT2D eigenvalue weighted by atomic mass is 16.3. The lowest BCUT2D eigenvalue weighted by atomic mass is 10.0. The van der Waals surface area contributed by atoms with Gasteiger partial charge in [-0.05, 0) is 32.6 Å². The molecule has 0 aliphatic rings. The average molecular weight is 216 g/mol. The number of rotatable bonds is 10. The van der Waals surface area contributed by atoms with E-state index in [4.69, 9.17) is 5.11 Å². The van der Waals surface area contributed by atoms with Gasteiger partial charge < -0.3 is 10.2 Å². The van der Waals surface area contributed by atoms with Crippen LogP contribution in [-0.4, -0.2) is 22.4 Å². The fourth-order valence-electron chi connectivity index (χ4n) is 1.78. The first-order valence-corrected chi connectivity index (χ1v) is 6.53. The minimum absolute atomic E-state index is 0.148. The van der Waals surface area contributed by atoms with Crippen LogP contribution in [0.25, 0.3) is 0 Å². The Morgan fingerprint density at radius 3 is 2.00 bits per heavy atom. The molecular formula is C13H28O2. The summed E-state index contributed by atoms with van der Waals surface area (Å²) in [5.74, 6) is 0. The summed E-state index contributed by atoms with van der Waals surface area (Å²) in [6.45, 7) is 4.02. The molecule has 2 N–H and O–H groups in total. The van der Waals surface area contributed by atoms with Crippen LogP contribution in [-0.2, 0) is 0 Å². The van der Waals surface area contributed by atoms with Crippen LogP contribution in [0.5, 0.6) is 0 Å². The first-order valence-electron chi connectivity index (χ1n) is 6.53. The lowest BCUT2D eigenvalue weighted by molar-refractivity contribution is 0.133. The summed E-state index contributed by atoms with van der Waals surface area (Å²) in [6.07, 6.45) is 9.46. The van der Waals surface area contributed by atoms with Crippen molar-refractivity contribution in [3.8, 4) is 0 Å². The molecule has 0 aromatic heterocycles. The molecule has 2 unspecified atom stereocenters. The van der Waals surface area contributed by atoms with Gasteiger partial charge in [0.05, 0.1) is 12.2 Å². The van der Waals surface area contributed by atoms with E-state index < -0.39 is 0 Å². The van der Waals surface area contributed by atoms with Crippen LogP contribution in [0.4, 0.5) is 0 Å². The van der Waals surface area contributed by atoms with Gasteiger partial charge in [0.1, 0.15) is 0 Å². The van der Waals surface area contributed by atoms with Crippen LogP contribution in [0.15, 0.2) is 0 Å². The fraction of sp³-hybridized carbons (Fsp3) is 1.00. The molecule has 0 aromatic rings. The highest BCUT2D eigenvalue weighted by Gasteiger charge is 2.04. The van der Waals surface area contributed by atoms with Crippen molar-refractivity contribution in [2.75, 3.05) is 0 Å². The van der Waals surface area contributed by atoms with Gasteiger partial charge in [-0.3, -0.25) is 0 Å². The molecule has 2 heteroatoms. The zero-order chi connectivity index (χ0) is 11.5. The van der Waals surface area contributed by atoms with Gasteiger partial charge in [0, 0.05) is 0 Å². The predicted molar refractivity (Wildman–Crippen MR) is 64.9 cm³/mol. The van der Waals surface area contributed by atoms with Crippen molar-refractivity contribution in [3.63, 3.8) is 0 Å². The Labute approximate surface area is 94.7 Å². The molecule has 0 aliphatic heterocycles. The summed E-state index contributed by atoms with van der Waals surface area (Å²) < 4.78 is 0. The molecule has 0 bridgehead atoms. The average Bonchev–Trinajstić information content (AvgIpc) is 2.17. The SMILES string of the molecule is CCCCCCCC(O)CCCC(C)O. The second-order valence-electron chi connectivity index (χ2n) is 4.64. The zero-order valence-corrected chi connectivity index (χ0v) is 10.4. The molecule has 0 aliphatic carbocycles. The molecule has 0 heterocycles. The summed E-state index contributed by atoms with van der Waals surface area (Å²) in [7, 11) is 0. The van der Waals surface area contributed by atoms with Gasteiger partial charge in [0.2, 0.25) is 0 Å². The van der Waals surface area contributed by atoms with Gasteiger partial charge in [0.25, 0.3) is 0 Å². The maximum Gasteiger partial charge on any atom is 0.0540 e. The Hall–Kier alpha value is -0.0800. The van der Waals surface area contributed by atoms with E-state index >= 15 is 0 Å². The number of aliphatic hydroxyl groups excluding tert-OH is 2. The standard InChI is InChI=1S/C13H28O2/c1-3-4-5-6-7-10-13(15)11-8-9-12(2)14/h12-15H,3-11H2,1-2H3. The van der Waals surface area contributed by atoms with E-state index in [1.807, 2.05) is 0 Å². The predicted octanol–water partition coefficient (Wildman–Crippen LogP) is 3.26. The summed E-state index contributed by atoms with van der Waals surface area (Å²) in [4.78, 5) is 0. The quantitative estimate of drug-likeness (QED) is 0.550. The van der Waals surface area contributed by atoms with Crippen LogP contribution in [0.2, 0.25) is 0 Å². The highest BCUT2D eigenvalue weighted by Crippen LogP contribution is 2.12. The zero-order valence-electron chi connectivity index (χ0n) is 10.4. The molecule has 0 amide bonds. The van der Waals surface area contributed by atoms with Crippen molar-refractivity contribution in [1.29, 1.82) is 0 Å². The maximum atomic E-state index is 9.64. The lowest BCUT2D eigenvalue weighted by Gasteiger charge is -2.10. The first kappa shape index (κ1) is 14.9. The summed E-state index contributed by atoms with van der Waals surface area (Å²) in [6, 6.07) is 0. The molecular weight excluding hydrogens is 188 g/mol. The van der Waals surface area contributed by atoms with Crippen molar-refractivity contribution < 1.29 is 10.2 Å². The first-order chi connectivity index (χ1) is 7.16. The van der Waals surface area contributed by atoms with E-state index in [-0.39, 0.29) is 12.2 Å². The van der Waals surface area contributed by atoms with Crippen molar-refractivity contribution in [2.24, 2.45) is 0 Å². The van der Waals surface area contributed by atoms with Gasteiger partial charge in [0.15, 0.2) is 0 Å². The molecule has 15 heavy (non-hydrogen) atoms. The van der Waals surface area contributed by atoms with Crippen molar-refractivity contribution in [3.05, 3.63) is 0 Å². The molecule has 0 fully saturated rings. The van der Waals surface area contributed by atoms with Gasteiger partial charge in [-0.1, -0.05) is 39.0 Å². The third kappa shape index (κ3) is 11.8. The lowest BCUT2D eigenvalue weighted by Crippen LogP contribution is -2.08. The van der Waals surface area contributed by atoms with E-state index in [1.54, 1.807) is 6.92 Å². The summed E-state index contributed by atoms with van der Waals surface area (Å²) in [5.41, 5.74) is 0. The Morgan fingerprint density at radius 2 is 1.40 bits per heavy atom. The van der Waals surface area contributed by atoms with Crippen molar-refractivity contribution in [1.82, 2.24) is 0 Å². The minimum Gasteiger partial charge on any atom is -0.393 e. The fourth-order valence-corrected chi connectivity index (χ4v) is 1.78. The molecule has 2 nitrogen and oxygen atoms in total. The molecule has 0 spiro atoms. The van der Waals surface area contributed by atoms with Crippen molar-refractivity contribution in [2.45, 2.75) is 83.8 Å². The smallest absolute Gasteiger partial charge is 0.0540 e. The van der Waals surface area contributed by atoms with Crippen LogP contribution in [0.3, 0.4) is 0 Å². The largest absolute Gasteiger partial charge is 0.393 e. The second kappa shape index (κ2) is 10.4. The van der Waals surface area contributed by atoms with E-state index in [0.717, 1.165) is 32.1 Å². The maximum absolute atomic E-state index is 9.64. The second-order valence-corrected chi connectivity index (χ2v) is 4.64. The summed E-state index contributed by atoms with van der Waals surface area (Å²) >= 11 is 0. The van der Waals surface area contributed by atoms with Gasteiger partial charge in [-0.25, -0.2) is 0 Å². The Bertz CT molecular complexity index is 124. The van der Waals surface area contributed by atoms with Gasteiger partial charge in [-0.2, -0.15) is 0 Å². The molecule has 0 saturated heterocycles. The third-order valence-electron chi connectivity index (χ3n) is 2.80. The van der Waals surface area contributed by atoms with E-state index in [2.05, 4.69) is 6.92 Å². The minimum atomic E-state index is -0.221. The van der Waals surface area contributed by atoms with E-state index in [0.29, 0.717) is 0 Å². The normalized spacial score (nSPS) is 15.2. The van der Waals surface area contributed by atoms with Crippen LogP contribution in [0.1, 0.15) is 71.6 Å². The summed E-state index contributed by atoms with van der Waals surface area (Å²) in [5, 5.41) is 18.7.